The maximum Gasteiger partial charge on any atom is 0.0466 e. The number of alkyl halides is 1. The molecule has 0 rings (SSSR count). The number of rotatable bonds is 14. The van der Waals surface area contributed by atoms with Gasteiger partial charge >= 0.3 is 0 Å². The molecule has 0 aliphatic rings. The minimum absolute atomic E-state index is 0.759. The van der Waals surface area contributed by atoms with Crippen LogP contribution >= 0.6 is 11.6 Å². The Hall–Kier alpha value is -0.0100. The first-order chi connectivity index (χ1) is 8.41. The van der Waals surface area contributed by atoms with Crippen LogP contribution in [0.4, 0.5) is 0 Å². The Morgan fingerprint density at radius 2 is 1.29 bits per heavy atom. The molecule has 0 saturated carbocycles. The van der Waals surface area contributed by atoms with Crippen molar-refractivity contribution >= 4 is 11.6 Å². The fraction of sp³-hybridized carbons (Fsp3) is 0.867. The van der Waals surface area contributed by atoms with Gasteiger partial charge in [-0.1, -0.05) is 38.2 Å². The average molecular weight is 261 g/mol. The van der Waals surface area contributed by atoms with Gasteiger partial charge in [-0.15, -0.1) is 18.2 Å². The summed E-state index contributed by atoms with van der Waals surface area (Å²) < 4.78 is 5.53. The third kappa shape index (κ3) is 16.0. The molecule has 0 aliphatic carbocycles. The molecule has 0 fully saturated rings. The van der Waals surface area contributed by atoms with Crippen LogP contribution in [0.3, 0.4) is 0 Å². The van der Waals surface area contributed by atoms with Crippen molar-refractivity contribution in [3.8, 4) is 0 Å². The maximum absolute atomic E-state index is 5.58. The van der Waals surface area contributed by atoms with Gasteiger partial charge < -0.3 is 4.74 Å². The van der Waals surface area contributed by atoms with Gasteiger partial charge in [-0.05, 0) is 32.1 Å². The van der Waals surface area contributed by atoms with Gasteiger partial charge in [0.25, 0.3) is 0 Å². The van der Waals surface area contributed by atoms with Gasteiger partial charge in [0.2, 0.25) is 0 Å². The molecule has 0 aromatic rings. The van der Waals surface area contributed by atoms with E-state index in [1.807, 2.05) is 6.08 Å². The van der Waals surface area contributed by atoms with E-state index in [2.05, 4.69) is 6.58 Å². The Labute approximate surface area is 113 Å². The molecule has 0 aliphatic heterocycles. The molecule has 0 N–H and O–H groups in total. The summed E-state index contributed by atoms with van der Waals surface area (Å²) in [5.74, 6) is 0.759. The second-order valence-electron chi connectivity index (χ2n) is 4.56. The smallest absolute Gasteiger partial charge is 0.0466 e. The van der Waals surface area contributed by atoms with Gasteiger partial charge in [-0.3, -0.25) is 0 Å². The molecule has 1 nitrogen and oxygen atoms in total. The van der Waals surface area contributed by atoms with E-state index in [-0.39, 0.29) is 0 Å². The molecular weight excluding hydrogens is 232 g/mol. The van der Waals surface area contributed by atoms with E-state index in [4.69, 9.17) is 16.3 Å². The van der Waals surface area contributed by atoms with Gasteiger partial charge in [-0.25, -0.2) is 0 Å². The molecule has 0 amide bonds. The Morgan fingerprint density at radius 1 is 0.765 bits per heavy atom. The third-order valence-electron chi connectivity index (χ3n) is 2.87. The van der Waals surface area contributed by atoms with Crippen molar-refractivity contribution in [3.05, 3.63) is 12.7 Å². The van der Waals surface area contributed by atoms with Crippen molar-refractivity contribution in [2.75, 3.05) is 19.1 Å². The molecule has 0 unspecified atom stereocenters. The molecule has 0 atom stereocenters. The van der Waals surface area contributed by atoms with Crippen molar-refractivity contribution in [3.63, 3.8) is 0 Å². The predicted molar refractivity (Wildman–Crippen MR) is 77.9 cm³/mol. The predicted octanol–water partition coefficient (Wildman–Crippen LogP) is 5.33. The Bertz CT molecular complexity index is 148. The lowest BCUT2D eigenvalue weighted by Crippen LogP contribution is -1.97. The summed E-state index contributed by atoms with van der Waals surface area (Å²) in [7, 11) is 0. The van der Waals surface area contributed by atoms with Crippen molar-refractivity contribution in [1.29, 1.82) is 0 Å². The quantitative estimate of drug-likeness (QED) is 0.233. The van der Waals surface area contributed by atoms with Crippen LogP contribution in [0.5, 0.6) is 0 Å². The highest BCUT2D eigenvalue weighted by atomic mass is 35.5. The summed E-state index contributed by atoms with van der Waals surface area (Å²) in [5, 5.41) is 0. The minimum atomic E-state index is 0.759. The van der Waals surface area contributed by atoms with Crippen LogP contribution in [0, 0.1) is 0 Å². The van der Waals surface area contributed by atoms with E-state index in [0.717, 1.165) is 31.9 Å². The van der Waals surface area contributed by atoms with E-state index >= 15 is 0 Å². The first-order valence-corrected chi connectivity index (χ1v) is 7.70. The molecular formula is C15H29ClO. The number of unbranched alkanes of at least 4 members (excludes halogenated alkanes) is 8. The van der Waals surface area contributed by atoms with Crippen LogP contribution < -0.4 is 0 Å². The topological polar surface area (TPSA) is 9.23 Å². The molecule has 0 heterocycles. The lowest BCUT2D eigenvalue weighted by atomic mass is 10.1. The zero-order valence-corrected chi connectivity index (χ0v) is 12.0. The van der Waals surface area contributed by atoms with E-state index in [1.54, 1.807) is 0 Å². The molecule has 102 valence electrons. The van der Waals surface area contributed by atoms with E-state index in [1.165, 1.54) is 51.4 Å². The number of allylic oxidation sites excluding steroid dienone is 1. The van der Waals surface area contributed by atoms with Crippen LogP contribution in [0.2, 0.25) is 0 Å². The van der Waals surface area contributed by atoms with E-state index in [9.17, 15) is 0 Å². The summed E-state index contributed by atoms with van der Waals surface area (Å²) in [6.07, 6.45) is 14.7. The lowest BCUT2D eigenvalue weighted by molar-refractivity contribution is 0.127. The van der Waals surface area contributed by atoms with Crippen LogP contribution in [-0.2, 0) is 4.74 Å². The number of ether oxygens (including phenoxy) is 1. The molecule has 0 saturated heterocycles. The van der Waals surface area contributed by atoms with Gasteiger partial charge in [0.15, 0.2) is 0 Å². The molecule has 17 heavy (non-hydrogen) atoms. The third-order valence-corrected chi connectivity index (χ3v) is 3.14. The highest BCUT2D eigenvalue weighted by molar-refractivity contribution is 6.17. The van der Waals surface area contributed by atoms with Crippen molar-refractivity contribution in [2.45, 2.75) is 64.2 Å². The average Bonchev–Trinajstić information content (AvgIpc) is 2.35. The van der Waals surface area contributed by atoms with Crippen molar-refractivity contribution < 1.29 is 4.74 Å². The zero-order chi connectivity index (χ0) is 12.6. The fourth-order valence-corrected chi connectivity index (χ4v) is 1.97. The van der Waals surface area contributed by atoms with Crippen LogP contribution in [0.1, 0.15) is 64.2 Å². The van der Waals surface area contributed by atoms with E-state index in [0.29, 0.717) is 0 Å². The van der Waals surface area contributed by atoms with Crippen LogP contribution in [0.25, 0.3) is 0 Å². The molecule has 0 radical (unpaired) electrons. The highest BCUT2D eigenvalue weighted by Gasteiger charge is 1.92. The second-order valence-corrected chi connectivity index (χ2v) is 4.94. The molecule has 0 spiro atoms. The largest absolute Gasteiger partial charge is 0.381 e. The lowest BCUT2D eigenvalue weighted by Gasteiger charge is -2.03. The Balaban J connectivity index is 2.87. The van der Waals surface area contributed by atoms with Gasteiger partial charge in [0, 0.05) is 19.1 Å². The molecule has 2 heteroatoms. The monoisotopic (exact) mass is 260 g/mol. The van der Waals surface area contributed by atoms with Crippen LogP contribution in [-0.4, -0.2) is 19.1 Å². The normalized spacial score (nSPS) is 10.6. The number of hydrogen-bond donors (Lipinski definition) is 0. The summed E-state index contributed by atoms with van der Waals surface area (Å²) in [6.45, 7) is 5.55. The van der Waals surface area contributed by atoms with Crippen molar-refractivity contribution in [2.24, 2.45) is 0 Å². The standard InChI is InChI=1S/C15H29ClO/c1-2-3-4-5-6-7-8-9-11-14-17-15-12-10-13-16/h2H,1,3-15H2. The highest BCUT2D eigenvalue weighted by Crippen LogP contribution is 2.08. The first-order valence-electron chi connectivity index (χ1n) is 7.16. The van der Waals surface area contributed by atoms with Crippen molar-refractivity contribution in [1.82, 2.24) is 0 Å². The van der Waals surface area contributed by atoms with Gasteiger partial charge in [0.1, 0.15) is 0 Å². The maximum atomic E-state index is 5.58. The molecule has 0 aromatic heterocycles. The summed E-state index contributed by atoms with van der Waals surface area (Å²) in [6, 6.07) is 0. The van der Waals surface area contributed by atoms with Gasteiger partial charge in [-0.2, -0.15) is 0 Å². The fourth-order valence-electron chi connectivity index (χ4n) is 1.78. The zero-order valence-electron chi connectivity index (χ0n) is 11.3. The Kier molecular flexibility index (Phi) is 16.0. The summed E-state index contributed by atoms with van der Waals surface area (Å²) in [4.78, 5) is 0. The first kappa shape index (κ1) is 17.0. The molecule has 0 bridgehead atoms. The Morgan fingerprint density at radius 3 is 1.88 bits per heavy atom. The summed E-state index contributed by atoms with van der Waals surface area (Å²) in [5.41, 5.74) is 0. The minimum Gasteiger partial charge on any atom is -0.381 e. The molecule has 0 aromatic carbocycles. The second kappa shape index (κ2) is 16.0. The van der Waals surface area contributed by atoms with Crippen LogP contribution in [0.15, 0.2) is 12.7 Å². The SMILES string of the molecule is C=CCCCCCCCCCOCCCCCl. The number of halogens is 1. The van der Waals surface area contributed by atoms with Gasteiger partial charge in [0.05, 0.1) is 0 Å². The summed E-state index contributed by atoms with van der Waals surface area (Å²) >= 11 is 5.58. The number of hydrogen-bond acceptors (Lipinski definition) is 1. The van der Waals surface area contributed by atoms with E-state index < -0.39 is 0 Å².